The van der Waals surface area contributed by atoms with Crippen LogP contribution in [0.1, 0.15) is 31.1 Å². The van der Waals surface area contributed by atoms with Gasteiger partial charge in [0.15, 0.2) is 11.5 Å². The molecule has 0 bridgehead atoms. The summed E-state index contributed by atoms with van der Waals surface area (Å²) in [6, 6.07) is 3.91. The number of likely N-dealkylation sites (N-methyl/N-ethyl adjacent to an activating group) is 1. The molecule has 0 fully saturated rings. The second kappa shape index (κ2) is 7.68. The van der Waals surface area contributed by atoms with Gasteiger partial charge >= 0.3 is 5.97 Å². The van der Waals surface area contributed by atoms with E-state index in [1.165, 1.54) is 26.0 Å². The Morgan fingerprint density at radius 2 is 1.86 bits per heavy atom. The van der Waals surface area contributed by atoms with Crippen molar-refractivity contribution in [2.45, 2.75) is 26.8 Å². The van der Waals surface area contributed by atoms with Gasteiger partial charge in [-0.3, -0.25) is 4.79 Å². The van der Waals surface area contributed by atoms with Crippen molar-refractivity contribution < 1.29 is 24.2 Å². The molecular formula is C16H23NO5. The highest BCUT2D eigenvalue weighted by molar-refractivity contribution is 5.96. The molecule has 22 heavy (non-hydrogen) atoms. The lowest BCUT2D eigenvalue weighted by molar-refractivity contribution is -0.141. The van der Waals surface area contributed by atoms with Gasteiger partial charge in [-0.1, -0.05) is 13.8 Å². The standard InChI is InChI=1S/C16H23NO5/c1-10(2)9-22-13-7-6-12(8-14(13)21-5)15(18)17(4)11(3)16(19)20/h6-8,10-11H,9H2,1-5H3,(H,19,20). The highest BCUT2D eigenvalue weighted by Crippen LogP contribution is 2.29. The largest absolute Gasteiger partial charge is 0.493 e. The predicted octanol–water partition coefficient (Wildman–Crippen LogP) is 2.28. The van der Waals surface area contributed by atoms with Crippen molar-refractivity contribution in [2.75, 3.05) is 20.8 Å². The fourth-order valence-electron chi connectivity index (χ4n) is 1.72. The summed E-state index contributed by atoms with van der Waals surface area (Å²) in [6.07, 6.45) is 0. The van der Waals surface area contributed by atoms with E-state index in [-0.39, 0.29) is 5.91 Å². The van der Waals surface area contributed by atoms with E-state index in [0.29, 0.717) is 29.6 Å². The second-order valence-corrected chi connectivity index (χ2v) is 5.50. The van der Waals surface area contributed by atoms with E-state index in [0.717, 1.165) is 0 Å². The third kappa shape index (κ3) is 4.38. The number of benzene rings is 1. The van der Waals surface area contributed by atoms with Gasteiger partial charge in [0.2, 0.25) is 0 Å². The van der Waals surface area contributed by atoms with Crippen molar-refractivity contribution in [3.05, 3.63) is 23.8 Å². The van der Waals surface area contributed by atoms with Gasteiger partial charge in [0, 0.05) is 12.6 Å². The third-order valence-corrected chi connectivity index (χ3v) is 3.24. The molecule has 0 radical (unpaired) electrons. The molecule has 1 amide bonds. The molecule has 0 heterocycles. The molecule has 0 aromatic heterocycles. The Labute approximate surface area is 130 Å². The summed E-state index contributed by atoms with van der Waals surface area (Å²) < 4.78 is 10.9. The predicted molar refractivity (Wildman–Crippen MR) is 82.5 cm³/mol. The number of carboxylic acid groups (broad SMARTS) is 1. The zero-order chi connectivity index (χ0) is 16.9. The van der Waals surface area contributed by atoms with Crippen molar-refractivity contribution >= 4 is 11.9 Å². The molecule has 6 nitrogen and oxygen atoms in total. The van der Waals surface area contributed by atoms with Gasteiger partial charge in [0.1, 0.15) is 6.04 Å². The monoisotopic (exact) mass is 309 g/mol. The van der Waals surface area contributed by atoms with E-state index < -0.39 is 12.0 Å². The molecule has 1 rings (SSSR count). The molecule has 0 aliphatic heterocycles. The summed E-state index contributed by atoms with van der Waals surface area (Å²) in [5.41, 5.74) is 0.351. The minimum atomic E-state index is -1.06. The van der Waals surface area contributed by atoms with Gasteiger partial charge in [-0.05, 0) is 31.0 Å². The van der Waals surface area contributed by atoms with E-state index in [4.69, 9.17) is 14.6 Å². The number of ether oxygens (including phenoxy) is 2. The lowest BCUT2D eigenvalue weighted by Crippen LogP contribution is -2.40. The van der Waals surface area contributed by atoms with E-state index in [9.17, 15) is 9.59 Å². The van der Waals surface area contributed by atoms with E-state index >= 15 is 0 Å². The zero-order valence-electron chi connectivity index (χ0n) is 13.6. The Kier molecular flexibility index (Phi) is 6.22. The van der Waals surface area contributed by atoms with Crippen LogP contribution < -0.4 is 9.47 Å². The number of hydrogen-bond acceptors (Lipinski definition) is 4. The quantitative estimate of drug-likeness (QED) is 0.836. The molecular weight excluding hydrogens is 286 g/mol. The first-order valence-electron chi connectivity index (χ1n) is 7.08. The summed E-state index contributed by atoms with van der Waals surface area (Å²) in [7, 11) is 2.95. The summed E-state index contributed by atoms with van der Waals surface area (Å²) in [5, 5.41) is 8.98. The van der Waals surface area contributed by atoms with Crippen LogP contribution in [0.2, 0.25) is 0 Å². The van der Waals surface area contributed by atoms with Crippen molar-refractivity contribution in [3.8, 4) is 11.5 Å². The molecule has 0 saturated carbocycles. The molecule has 122 valence electrons. The average molecular weight is 309 g/mol. The van der Waals surface area contributed by atoms with E-state index in [1.54, 1.807) is 18.2 Å². The summed E-state index contributed by atoms with van der Waals surface area (Å²) in [5.74, 6) is -0.0681. The Bertz CT molecular complexity index is 541. The Morgan fingerprint density at radius 1 is 1.23 bits per heavy atom. The maximum atomic E-state index is 12.3. The smallest absolute Gasteiger partial charge is 0.326 e. The first-order valence-corrected chi connectivity index (χ1v) is 7.08. The van der Waals surface area contributed by atoms with Crippen molar-refractivity contribution in [1.29, 1.82) is 0 Å². The number of rotatable bonds is 7. The van der Waals surface area contributed by atoms with E-state index in [1.807, 2.05) is 13.8 Å². The highest BCUT2D eigenvalue weighted by atomic mass is 16.5. The van der Waals surface area contributed by atoms with Crippen molar-refractivity contribution in [2.24, 2.45) is 5.92 Å². The zero-order valence-corrected chi connectivity index (χ0v) is 13.6. The first kappa shape index (κ1) is 17.8. The molecule has 1 unspecified atom stereocenters. The average Bonchev–Trinajstić information content (AvgIpc) is 2.50. The number of aliphatic carboxylic acids is 1. The van der Waals surface area contributed by atoms with Crippen LogP contribution in [0.3, 0.4) is 0 Å². The normalized spacial score (nSPS) is 11.9. The molecule has 0 saturated heterocycles. The van der Waals surface area contributed by atoms with Crippen LogP contribution in [0.25, 0.3) is 0 Å². The molecule has 1 atom stereocenters. The SMILES string of the molecule is COc1cc(C(=O)N(C)C(C)C(=O)O)ccc1OCC(C)C. The van der Waals surface area contributed by atoms with Crippen molar-refractivity contribution in [3.63, 3.8) is 0 Å². The number of carbonyl (C=O) groups excluding carboxylic acids is 1. The van der Waals surface area contributed by atoms with Gasteiger partial charge in [-0.2, -0.15) is 0 Å². The van der Waals surface area contributed by atoms with Gasteiger partial charge in [-0.15, -0.1) is 0 Å². The first-order chi connectivity index (χ1) is 10.3. The summed E-state index contributed by atoms with van der Waals surface area (Å²) in [6.45, 7) is 6.07. The van der Waals surface area contributed by atoms with Gasteiger partial charge < -0.3 is 19.5 Å². The molecule has 0 spiro atoms. The number of carbonyl (C=O) groups is 2. The lowest BCUT2D eigenvalue weighted by atomic mass is 10.1. The van der Waals surface area contributed by atoms with Crippen LogP contribution >= 0.6 is 0 Å². The topological polar surface area (TPSA) is 76.1 Å². The summed E-state index contributed by atoms with van der Waals surface area (Å²) in [4.78, 5) is 24.4. The molecule has 1 N–H and O–H groups in total. The minimum Gasteiger partial charge on any atom is -0.493 e. The van der Waals surface area contributed by atoms with Gasteiger partial charge in [-0.25, -0.2) is 4.79 Å². The van der Waals surface area contributed by atoms with Crippen LogP contribution in [-0.2, 0) is 4.79 Å². The van der Waals surface area contributed by atoms with Gasteiger partial charge in [0.25, 0.3) is 5.91 Å². The maximum absolute atomic E-state index is 12.3. The number of methoxy groups -OCH3 is 1. The minimum absolute atomic E-state index is 0.351. The van der Waals surface area contributed by atoms with E-state index in [2.05, 4.69) is 0 Å². The fourth-order valence-corrected chi connectivity index (χ4v) is 1.72. The van der Waals surface area contributed by atoms with Crippen molar-refractivity contribution in [1.82, 2.24) is 4.90 Å². The highest BCUT2D eigenvalue weighted by Gasteiger charge is 2.23. The maximum Gasteiger partial charge on any atom is 0.326 e. The Morgan fingerprint density at radius 3 is 2.36 bits per heavy atom. The fraction of sp³-hybridized carbons (Fsp3) is 0.500. The molecule has 6 heteroatoms. The number of amides is 1. The number of carboxylic acids is 1. The van der Waals surface area contributed by atoms with Crippen LogP contribution in [0.15, 0.2) is 18.2 Å². The third-order valence-electron chi connectivity index (χ3n) is 3.24. The van der Waals surface area contributed by atoms with Crippen LogP contribution in [0.4, 0.5) is 0 Å². The van der Waals surface area contributed by atoms with Crippen LogP contribution in [-0.4, -0.2) is 48.7 Å². The molecule has 1 aromatic rings. The van der Waals surface area contributed by atoms with Gasteiger partial charge in [0.05, 0.1) is 13.7 Å². The van der Waals surface area contributed by atoms with Crippen LogP contribution in [0, 0.1) is 5.92 Å². The second-order valence-electron chi connectivity index (χ2n) is 5.50. The molecule has 0 aliphatic rings. The molecule has 1 aromatic carbocycles. The Hall–Kier alpha value is -2.24. The Balaban J connectivity index is 2.97. The lowest BCUT2D eigenvalue weighted by Gasteiger charge is -2.22. The summed E-state index contributed by atoms with van der Waals surface area (Å²) >= 11 is 0. The molecule has 0 aliphatic carbocycles. The number of hydrogen-bond donors (Lipinski definition) is 1. The van der Waals surface area contributed by atoms with Crippen LogP contribution in [0.5, 0.6) is 11.5 Å². The number of nitrogens with zero attached hydrogens (tertiary/aromatic N) is 1.